The maximum atomic E-state index is 13.8. The van der Waals surface area contributed by atoms with Crippen molar-refractivity contribution in [2.45, 2.75) is 113 Å². The number of rotatable bonds is 18. The van der Waals surface area contributed by atoms with Gasteiger partial charge in [-0.2, -0.15) is 0 Å². The zero-order valence-electron chi connectivity index (χ0n) is 47.5. The number of benzene rings is 2. The Labute approximate surface area is 488 Å². The van der Waals surface area contributed by atoms with Crippen LogP contribution in [-0.4, -0.2) is 168 Å². The number of esters is 2. The van der Waals surface area contributed by atoms with Crippen molar-refractivity contribution < 1.29 is 57.2 Å². The Kier molecular flexibility index (Phi) is 19.8. The van der Waals surface area contributed by atoms with E-state index in [1.807, 2.05) is 42.5 Å². The predicted molar refractivity (Wildman–Crippen MR) is 310 cm³/mol. The number of aromatic nitrogens is 2. The molecule has 0 radical (unpaired) electrons. The maximum absolute atomic E-state index is 13.8. The highest BCUT2D eigenvalue weighted by atomic mass is 35.5. The summed E-state index contributed by atoms with van der Waals surface area (Å²) in [6, 6.07) is 12.1. The largest absolute Gasteiger partial charge is 0.497 e. The van der Waals surface area contributed by atoms with Crippen LogP contribution in [0.5, 0.6) is 23.3 Å². The lowest BCUT2D eigenvalue weighted by molar-refractivity contribution is -0.150. The molecule has 2 N–H and O–H groups in total. The predicted octanol–water partition coefficient (Wildman–Crippen LogP) is 8.70. The van der Waals surface area contributed by atoms with E-state index in [2.05, 4.69) is 39.8 Å². The first-order valence-electron chi connectivity index (χ1n) is 28.0. The Bertz CT molecular complexity index is 3090. The van der Waals surface area contributed by atoms with Gasteiger partial charge >= 0.3 is 24.0 Å². The number of ether oxygens (including phenoxy) is 6. The van der Waals surface area contributed by atoms with E-state index >= 15 is 0 Å². The monoisotopic (exact) mass is 1170 g/mol. The summed E-state index contributed by atoms with van der Waals surface area (Å²) in [7, 11) is 6.62. The van der Waals surface area contributed by atoms with Gasteiger partial charge in [-0.1, -0.05) is 47.5 Å². The van der Waals surface area contributed by atoms with E-state index in [1.165, 1.54) is 9.80 Å². The molecule has 2 saturated carbocycles. The number of urea groups is 2. The quantitative estimate of drug-likeness (QED) is 0.0412. The fourth-order valence-corrected chi connectivity index (χ4v) is 11.4. The smallest absolute Gasteiger partial charge is 0.332 e. The van der Waals surface area contributed by atoms with Crippen molar-refractivity contribution in [3.8, 4) is 23.3 Å². The number of allylic oxidation sites excluding steroid dienone is 2. The van der Waals surface area contributed by atoms with Gasteiger partial charge in [0, 0.05) is 62.6 Å². The van der Waals surface area contributed by atoms with Crippen LogP contribution in [0.1, 0.15) is 78.1 Å². The Balaban J connectivity index is 0.000000215. The molecule has 2 aromatic heterocycles. The third kappa shape index (κ3) is 13.6. The summed E-state index contributed by atoms with van der Waals surface area (Å²) >= 11 is 12.6. The standard InChI is InChI=1S/C31H39ClN4O6.C29H35ClN4O6/c1-6-9-10-11-14-35(4)30(39)36-19-23(42-28-24-13-12-22(40-5)15-20(24)16-26(32)33-28)17-25(36)27(37)34-31(18-21(31)7-2)29(38)41-8-3;1-4-39-27(36)29-16-19(29)9-7-5-6-8-12-33(2)28(37)34-17-21(15-23(34)25(35)32-29)40-26-22-11-10-20(38-3)13-18(22)14-24(30)31-26/h6-7,12-13,15-16,21,23,25H,1-2,8-11,14,17-19H2,3-5H3,(H,34,37);7,9-11,13-14,19,21,23H,4-6,8,12,15-17H2,1-3H3,(H,32,35)/b;9-7-/t21-,23-,25+,31-;19-,21-,23+,29-/m11/s1. The van der Waals surface area contributed by atoms with Crippen molar-refractivity contribution in [2.75, 3.05) is 67.7 Å². The molecule has 8 atom stereocenters. The molecule has 3 aliphatic heterocycles. The Morgan fingerprint density at radius 2 is 1.46 bits per heavy atom. The van der Waals surface area contributed by atoms with Crippen molar-refractivity contribution in [3.63, 3.8) is 0 Å². The van der Waals surface area contributed by atoms with Gasteiger partial charge in [-0.15, -0.1) is 13.2 Å². The summed E-state index contributed by atoms with van der Waals surface area (Å²) in [5.41, 5.74) is -2.29. The maximum Gasteiger partial charge on any atom is 0.332 e. The second kappa shape index (κ2) is 26.7. The van der Waals surface area contributed by atoms with E-state index in [0.717, 1.165) is 60.1 Å². The van der Waals surface area contributed by atoms with E-state index in [9.17, 15) is 28.8 Å². The highest BCUT2D eigenvalue weighted by molar-refractivity contribution is 6.30. The first kappa shape index (κ1) is 60.8. The number of halogens is 2. The fraction of sp³-hybridized carbons (Fsp3) is 0.500. The van der Waals surface area contributed by atoms with Crippen molar-refractivity contribution in [2.24, 2.45) is 11.8 Å². The van der Waals surface area contributed by atoms with Gasteiger partial charge in [-0.25, -0.2) is 29.1 Å². The molecule has 9 rings (SSSR count). The van der Waals surface area contributed by atoms with Gasteiger partial charge in [0.05, 0.1) is 40.5 Å². The molecular formula is C60H74Cl2N8O12. The first-order valence-corrected chi connectivity index (χ1v) is 28.7. The topological polar surface area (TPSA) is 221 Å². The van der Waals surface area contributed by atoms with Gasteiger partial charge in [-0.05, 0) is 125 Å². The number of nitrogens with zero attached hydrogens (tertiary/aromatic N) is 6. The molecule has 5 aliphatic rings. The molecule has 2 saturated heterocycles. The van der Waals surface area contributed by atoms with Crippen LogP contribution in [0.25, 0.3) is 21.5 Å². The zero-order valence-corrected chi connectivity index (χ0v) is 49.0. The van der Waals surface area contributed by atoms with Crippen LogP contribution in [0.4, 0.5) is 9.59 Å². The first-order chi connectivity index (χ1) is 39.4. The molecule has 4 fully saturated rings. The van der Waals surface area contributed by atoms with Crippen molar-refractivity contribution in [1.29, 1.82) is 0 Å². The Hall–Kier alpha value is -7.32. The van der Waals surface area contributed by atoms with Gasteiger partial charge in [0.25, 0.3) is 0 Å². The summed E-state index contributed by atoms with van der Waals surface area (Å²) in [5.74, 6) is -0.232. The van der Waals surface area contributed by atoms with Crippen LogP contribution in [0, 0.1) is 11.8 Å². The molecule has 20 nitrogen and oxygen atoms in total. The van der Waals surface area contributed by atoms with Crippen LogP contribution in [-0.2, 0) is 28.7 Å². The van der Waals surface area contributed by atoms with E-state index < -0.39 is 59.1 Å². The lowest BCUT2D eigenvalue weighted by Crippen LogP contribution is -2.55. The van der Waals surface area contributed by atoms with Crippen LogP contribution in [0.2, 0.25) is 10.3 Å². The van der Waals surface area contributed by atoms with Gasteiger partial charge in [0.2, 0.25) is 23.6 Å². The van der Waals surface area contributed by atoms with Gasteiger partial charge in [0.1, 0.15) is 57.2 Å². The molecular weight excluding hydrogens is 1100 g/mol. The normalized spacial score (nSPS) is 25.2. The number of carbonyl (C=O) groups is 6. The van der Waals surface area contributed by atoms with E-state index in [4.69, 9.17) is 51.6 Å². The second-order valence-corrected chi connectivity index (χ2v) is 22.1. The SMILES string of the molecule is C=CCCCCN(C)C(=O)N1C[C@H](Oc2nc(Cl)cc3cc(OC)ccc23)C[C@H]1C(=O)N[C@]1(C(=O)OCC)C[C@H]1C=C.CCOC(=O)[C@@]12C[C@H]1/C=C\CCCCN(C)C(=O)N1C[C@H](Oc3nc(Cl)cc4cc(OC)ccc34)C[C@H]1C(=O)N2. The van der Waals surface area contributed by atoms with E-state index in [0.29, 0.717) is 49.2 Å². The summed E-state index contributed by atoms with van der Waals surface area (Å²) in [6.45, 7) is 12.8. The molecule has 440 valence electrons. The van der Waals surface area contributed by atoms with Crippen LogP contribution in [0.15, 0.2) is 86.0 Å². The van der Waals surface area contributed by atoms with Crippen molar-refractivity contribution in [1.82, 2.24) is 40.2 Å². The second-order valence-electron chi connectivity index (χ2n) is 21.3. The average molecular weight is 1170 g/mol. The average Bonchev–Trinajstić information content (AvgIpc) is 2.59. The number of carbonyl (C=O) groups excluding carboxylic acids is 6. The highest BCUT2D eigenvalue weighted by Crippen LogP contribution is 2.47. The number of hydrogen-bond acceptors (Lipinski definition) is 14. The minimum Gasteiger partial charge on any atom is -0.497 e. The van der Waals surface area contributed by atoms with E-state index in [-0.39, 0.29) is 73.3 Å². The van der Waals surface area contributed by atoms with Crippen molar-refractivity contribution >= 4 is 80.6 Å². The molecule has 0 unspecified atom stereocenters. The minimum atomic E-state index is -1.18. The van der Waals surface area contributed by atoms with Crippen molar-refractivity contribution in [3.05, 3.63) is 96.3 Å². The molecule has 2 aliphatic carbocycles. The summed E-state index contributed by atoms with van der Waals surface area (Å²) in [4.78, 5) is 95.5. The molecule has 4 aromatic rings. The highest BCUT2D eigenvalue weighted by Gasteiger charge is 2.63. The van der Waals surface area contributed by atoms with Crippen LogP contribution < -0.4 is 29.6 Å². The minimum absolute atomic E-state index is 0.141. The third-order valence-electron chi connectivity index (χ3n) is 15.7. The molecule has 0 bridgehead atoms. The summed E-state index contributed by atoms with van der Waals surface area (Å²) < 4.78 is 33.9. The zero-order chi connectivity index (χ0) is 58.9. The number of fused-ring (bicyclic) bond motifs is 4. The number of amides is 6. The third-order valence-corrected chi connectivity index (χ3v) is 16.1. The molecule has 82 heavy (non-hydrogen) atoms. The summed E-state index contributed by atoms with van der Waals surface area (Å²) in [5, 5.41) is 9.40. The molecule has 2 aromatic carbocycles. The lowest BCUT2D eigenvalue weighted by atomic mass is 10.1. The number of nitrogens with one attached hydrogen (secondary N) is 2. The molecule has 22 heteroatoms. The van der Waals surface area contributed by atoms with E-state index in [1.54, 1.807) is 76.2 Å². The number of unbranched alkanes of at least 4 members (excludes halogenated alkanes) is 2. The van der Waals surface area contributed by atoms with Gasteiger partial charge in [0.15, 0.2) is 0 Å². The number of methoxy groups -OCH3 is 2. The van der Waals surface area contributed by atoms with Gasteiger partial charge in [-0.3, -0.25) is 9.59 Å². The van der Waals surface area contributed by atoms with Gasteiger partial charge < -0.3 is 58.7 Å². The Morgan fingerprint density at radius 1 is 0.841 bits per heavy atom. The number of hydrogen-bond donors (Lipinski definition) is 2. The Morgan fingerprint density at radius 3 is 2.05 bits per heavy atom. The number of likely N-dealkylation sites (tertiary alicyclic amines) is 1. The molecule has 6 amide bonds. The van der Waals surface area contributed by atoms with Crippen LogP contribution >= 0.6 is 23.2 Å². The number of pyridine rings is 2. The fourth-order valence-electron chi connectivity index (χ4n) is 11.0. The lowest BCUT2D eigenvalue weighted by Gasteiger charge is -2.30. The molecule has 0 spiro atoms. The summed E-state index contributed by atoms with van der Waals surface area (Å²) in [6.07, 6.45) is 12.9. The molecule has 5 heterocycles. The van der Waals surface area contributed by atoms with Crippen LogP contribution in [0.3, 0.4) is 0 Å².